The highest BCUT2D eigenvalue weighted by molar-refractivity contribution is 6.00. The number of nitrogens with zero attached hydrogens (tertiary/aromatic N) is 4. The van der Waals surface area contributed by atoms with E-state index in [9.17, 15) is 4.79 Å². The topological polar surface area (TPSA) is 61.4 Å². The minimum atomic E-state index is -0.417. The van der Waals surface area contributed by atoms with Crippen LogP contribution in [0.15, 0.2) is 66.9 Å². The van der Waals surface area contributed by atoms with E-state index < -0.39 is 5.92 Å². The van der Waals surface area contributed by atoms with Gasteiger partial charge in [-0.3, -0.25) is 4.79 Å². The van der Waals surface area contributed by atoms with E-state index in [0.717, 1.165) is 43.0 Å². The van der Waals surface area contributed by atoms with Gasteiger partial charge in [0, 0.05) is 27.2 Å². The van der Waals surface area contributed by atoms with Crippen molar-refractivity contribution in [3.05, 3.63) is 78.0 Å². The third kappa shape index (κ3) is 4.85. The summed E-state index contributed by atoms with van der Waals surface area (Å²) in [5.74, 6) is 0.918. The first-order chi connectivity index (χ1) is 15.1. The molecule has 0 spiro atoms. The normalized spacial score (nSPS) is 13.8. The summed E-state index contributed by atoms with van der Waals surface area (Å²) in [5.41, 5.74) is 2.51. The van der Waals surface area contributed by atoms with Gasteiger partial charge in [0.2, 0.25) is 11.9 Å². The summed E-state index contributed by atoms with van der Waals surface area (Å²) in [6.07, 6.45) is 5.31. The fourth-order valence-corrected chi connectivity index (χ4v) is 4.03. The van der Waals surface area contributed by atoms with Gasteiger partial charge in [0.15, 0.2) is 5.82 Å². The molecule has 1 aliphatic rings. The van der Waals surface area contributed by atoms with Crippen molar-refractivity contribution in [1.82, 2.24) is 9.97 Å². The minimum absolute atomic E-state index is 0.102. The average Bonchev–Trinajstić information content (AvgIpc) is 2.81. The van der Waals surface area contributed by atoms with Crippen molar-refractivity contribution < 1.29 is 4.79 Å². The quantitative estimate of drug-likeness (QED) is 0.650. The van der Waals surface area contributed by atoms with E-state index in [4.69, 9.17) is 4.98 Å². The SMILES string of the molecule is CN(C)c1nc(N2CCCCC2)ncc1NC(=O)C(c1ccccc1)c1ccccc1. The standard InChI is InChI=1S/C25H29N5O/c1-29(2)23-21(18-26-25(28-23)30-16-10-5-11-17-30)27-24(31)22(19-12-6-3-7-13-19)20-14-8-4-9-15-20/h3-4,6-9,12-15,18,22H,5,10-11,16-17H2,1-2H3,(H,27,31). The molecule has 0 aliphatic carbocycles. The first-order valence-corrected chi connectivity index (χ1v) is 10.8. The fraction of sp³-hybridized carbons (Fsp3) is 0.320. The number of rotatable bonds is 6. The minimum Gasteiger partial charge on any atom is -0.361 e. The van der Waals surface area contributed by atoms with Crippen molar-refractivity contribution in [1.29, 1.82) is 0 Å². The Morgan fingerprint density at radius 2 is 1.52 bits per heavy atom. The largest absolute Gasteiger partial charge is 0.361 e. The molecule has 1 N–H and O–H groups in total. The van der Waals surface area contributed by atoms with Gasteiger partial charge in [0.1, 0.15) is 5.69 Å². The van der Waals surface area contributed by atoms with E-state index in [1.54, 1.807) is 6.20 Å². The first-order valence-electron chi connectivity index (χ1n) is 10.8. The summed E-state index contributed by atoms with van der Waals surface area (Å²) in [6.45, 7) is 1.95. The number of hydrogen-bond donors (Lipinski definition) is 1. The van der Waals surface area contributed by atoms with Crippen LogP contribution in [0.4, 0.5) is 17.5 Å². The molecule has 4 rings (SSSR count). The van der Waals surface area contributed by atoms with Gasteiger partial charge in [0.05, 0.1) is 12.1 Å². The van der Waals surface area contributed by atoms with Crippen LogP contribution in [0.25, 0.3) is 0 Å². The second-order valence-electron chi connectivity index (χ2n) is 8.09. The summed E-state index contributed by atoms with van der Waals surface area (Å²) in [4.78, 5) is 27.0. The molecule has 0 radical (unpaired) electrons. The first kappa shape index (κ1) is 20.8. The zero-order valence-electron chi connectivity index (χ0n) is 18.2. The number of piperidine rings is 1. The Bertz CT molecular complexity index is 961. The van der Waals surface area contributed by atoms with E-state index in [-0.39, 0.29) is 5.91 Å². The molecule has 0 bridgehead atoms. The molecule has 1 amide bonds. The molecule has 6 heteroatoms. The zero-order valence-corrected chi connectivity index (χ0v) is 18.2. The van der Waals surface area contributed by atoms with Crippen LogP contribution in [-0.4, -0.2) is 43.1 Å². The van der Waals surface area contributed by atoms with Crippen LogP contribution < -0.4 is 15.1 Å². The number of nitrogens with one attached hydrogen (secondary N) is 1. The second-order valence-corrected chi connectivity index (χ2v) is 8.09. The van der Waals surface area contributed by atoms with Gasteiger partial charge in [0.25, 0.3) is 0 Å². The van der Waals surface area contributed by atoms with Crippen LogP contribution in [0.5, 0.6) is 0 Å². The summed E-state index contributed by atoms with van der Waals surface area (Å²) in [6, 6.07) is 19.7. The second kappa shape index (κ2) is 9.60. The Morgan fingerprint density at radius 3 is 2.06 bits per heavy atom. The van der Waals surface area contributed by atoms with Gasteiger partial charge < -0.3 is 15.1 Å². The maximum absolute atomic E-state index is 13.5. The van der Waals surface area contributed by atoms with Gasteiger partial charge >= 0.3 is 0 Å². The summed E-state index contributed by atoms with van der Waals surface area (Å²) in [5, 5.41) is 3.09. The molecular weight excluding hydrogens is 386 g/mol. The molecular formula is C25H29N5O. The number of anilines is 3. The van der Waals surface area contributed by atoms with Crippen LogP contribution in [0.2, 0.25) is 0 Å². The van der Waals surface area contributed by atoms with Crippen molar-refractivity contribution in [2.24, 2.45) is 0 Å². The predicted octanol–water partition coefficient (Wildman–Crippen LogP) is 4.30. The highest BCUT2D eigenvalue weighted by atomic mass is 16.1. The third-order valence-electron chi connectivity index (χ3n) is 5.60. The lowest BCUT2D eigenvalue weighted by Gasteiger charge is -2.28. The Labute approximate surface area is 183 Å². The van der Waals surface area contributed by atoms with Gasteiger partial charge in [-0.25, -0.2) is 4.98 Å². The Hall–Kier alpha value is -3.41. The number of benzene rings is 2. The molecule has 31 heavy (non-hydrogen) atoms. The van der Waals surface area contributed by atoms with Crippen LogP contribution >= 0.6 is 0 Å². The van der Waals surface area contributed by atoms with Crippen molar-refractivity contribution in [2.75, 3.05) is 42.3 Å². The monoisotopic (exact) mass is 415 g/mol. The molecule has 1 aliphatic heterocycles. The lowest BCUT2D eigenvalue weighted by Crippen LogP contribution is -2.32. The Balaban J connectivity index is 1.64. The molecule has 160 valence electrons. The van der Waals surface area contributed by atoms with Crippen LogP contribution in [-0.2, 0) is 4.79 Å². The van der Waals surface area contributed by atoms with E-state index in [1.807, 2.05) is 79.7 Å². The van der Waals surface area contributed by atoms with Gasteiger partial charge in [-0.1, -0.05) is 60.7 Å². The average molecular weight is 416 g/mol. The van der Waals surface area contributed by atoms with Crippen molar-refractivity contribution in [3.63, 3.8) is 0 Å². The van der Waals surface area contributed by atoms with Crippen LogP contribution in [0.1, 0.15) is 36.3 Å². The molecule has 6 nitrogen and oxygen atoms in total. The summed E-state index contributed by atoms with van der Waals surface area (Å²) < 4.78 is 0. The molecule has 0 unspecified atom stereocenters. The number of aromatic nitrogens is 2. The molecule has 1 aromatic heterocycles. The molecule has 1 saturated heterocycles. The van der Waals surface area contributed by atoms with Crippen LogP contribution in [0, 0.1) is 0 Å². The van der Waals surface area contributed by atoms with E-state index in [2.05, 4.69) is 15.2 Å². The lowest BCUT2D eigenvalue weighted by atomic mass is 9.90. The van der Waals surface area contributed by atoms with E-state index in [1.165, 1.54) is 6.42 Å². The third-order valence-corrected chi connectivity index (χ3v) is 5.60. The Kier molecular flexibility index (Phi) is 6.46. The number of carbonyl (C=O) groups is 1. The van der Waals surface area contributed by atoms with Gasteiger partial charge in [-0.15, -0.1) is 0 Å². The maximum atomic E-state index is 13.5. The van der Waals surface area contributed by atoms with Gasteiger partial charge in [-0.2, -0.15) is 4.98 Å². The van der Waals surface area contributed by atoms with Gasteiger partial charge in [-0.05, 0) is 30.4 Å². The number of hydrogen-bond acceptors (Lipinski definition) is 5. The van der Waals surface area contributed by atoms with E-state index in [0.29, 0.717) is 11.5 Å². The highest BCUT2D eigenvalue weighted by Gasteiger charge is 2.25. The number of amides is 1. The Morgan fingerprint density at radius 1 is 0.935 bits per heavy atom. The lowest BCUT2D eigenvalue weighted by molar-refractivity contribution is -0.116. The predicted molar refractivity (Wildman–Crippen MR) is 126 cm³/mol. The molecule has 0 atom stereocenters. The molecule has 1 fully saturated rings. The number of carbonyl (C=O) groups excluding carboxylic acids is 1. The van der Waals surface area contributed by atoms with Crippen molar-refractivity contribution in [3.8, 4) is 0 Å². The molecule has 2 heterocycles. The molecule has 3 aromatic rings. The highest BCUT2D eigenvalue weighted by Crippen LogP contribution is 2.29. The fourth-order valence-electron chi connectivity index (χ4n) is 4.03. The van der Waals surface area contributed by atoms with Crippen molar-refractivity contribution in [2.45, 2.75) is 25.2 Å². The molecule has 2 aromatic carbocycles. The molecule has 0 saturated carbocycles. The van der Waals surface area contributed by atoms with Crippen molar-refractivity contribution >= 4 is 23.4 Å². The van der Waals surface area contributed by atoms with Crippen LogP contribution in [0.3, 0.4) is 0 Å². The van der Waals surface area contributed by atoms with E-state index >= 15 is 0 Å². The smallest absolute Gasteiger partial charge is 0.236 e. The summed E-state index contributed by atoms with van der Waals surface area (Å²) >= 11 is 0. The maximum Gasteiger partial charge on any atom is 0.236 e. The zero-order chi connectivity index (χ0) is 21.6. The summed E-state index contributed by atoms with van der Waals surface area (Å²) in [7, 11) is 3.87.